The summed E-state index contributed by atoms with van der Waals surface area (Å²) in [6, 6.07) is 2.21. The minimum Gasteiger partial charge on any atom is -0.462 e. The molecule has 29 heavy (non-hydrogen) atoms. The lowest BCUT2D eigenvalue weighted by Crippen LogP contribution is -2.44. The van der Waals surface area contributed by atoms with Crippen LogP contribution in [0.25, 0.3) is 5.65 Å². The van der Waals surface area contributed by atoms with Crippen molar-refractivity contribution in [2.24, 2.45) is 0 Å². The van der Waals surface area contributed by atoms with Crippen LogP contribution in [0.15, 0.2) is 18.5 Å². The number of pyridine rings is 1. The fourth-order valence-electron chi connectivity index (χ4n) is 3.30. The molecule has 0 saturated carbocycles. The van der Waals surface area contributed by atoms with Gasteiger partial charge in [-0.3, -0.25) is 0 Å². The van der Waals surface area contributed by atoms with Gasteiger partial charge in [0.2, 0.25) is 0 Å². The van der Waals surface area contributed by atoms with E-state index in [1.54, 1.807) is 10.7 Å². The van der Waals surface area contributed by atoms with Gasteiger partial charge < -0.3 is 20.7 Å². The summed E-state index contributed by atoms with van der Waals surface area (Å²) in [7, 11) is 0. The molecule has 0 bridgehead atoms. The lowest BCUT2D eigenvalue weighted by molar-refractivity contribution is 0.280. The molecule has 3 aromatic heterocycles. The van der Waals surface area contributed by atoms with Crippen LogP contribution >= 0.6 is 11.6 Å². The molecule has 1 aliphatic rings. The van der Waals surface area contributed by atoms with E-state index < -0.39 is 0 Å². The molecule has 3 aromatic rings. The number of fused-ring (bicyclic) bond motifs is 1. The van der Waals surface area contributed by atoms with Gasteiger partial charge in [-0.05, 0) is 18.1 Å². The van der Waals surface area contributed by atoms with E-state index in [1.807, 2.05) is 12.3 Å². The number of nitrogens with zero attached hydrogens (tertiary/aromatic N) is 6. The summed E-state index contributed by atoms with van der Waals surface area (Å²) < 4.78 is 7.30. The third kappa shape index (κ3) is 4.35. The highest BCUT2D eigenvalue weighted by Gasteiger charge is 2.17. The van der Waals surface area contributed by atoms with Crippen LogP contribution in [0.1, 0.15) is 31.0 Å². The molecule has 0 unspecified atom stereocenters. The first-order chi connectivity index (χ1) is 14.2. The van der Waals surface area contributed by atoms with Gasteiger partial charge in [-0.2, -0.15) is 4.98 Å². The van der Waals surface area contributed by atoms with E-state index in [0.717, 1.165) is 56.1 Å². The molecule has 0 spiro atoms. The van der Waals surface area contributed by atoms with Crippen LogP contribution in [0.4, 0.5) is 11.6 Å². The second-order valence-electron chi connectivity index (χ2n) is 7.03. The molecule has 0 atom stereocenters. The molecule has 0 amide bonds. The SMILES string of the molecule is CCCCOc1nc(N)c2ncc(Cc3cnc(N4CCNCC4)c(Cl)c3)n2n1. The summed E-state index contributed by atoms with van der Waals surface area (Å²) >= 11 is 6.53. The van der Waals surface area contributed by atoms with E-state index in [9.17, 15) is 0 Å². The smallest absolute Gasteiger partial charge is 0.336 e. The molecule has 4 rings (SSSR count). The largest absolute Gasteiger partial charge is 0.462 e. The highest BCUT2D eigenvalue weighted by molar-refractivity contribution is 6.33. The number of nitrogens with one attached hydrogen (secondary N) is 1. The summed E-state index contributed by atoms with van der Waals surface area (Å²) in [6.07, 6.45) is 6.13. The van der Waals surface area contributed by atoms with Gasteiger partial charge in [0.1, 0.15) is 5.82 Å². The van der Waals surface area contributed by atoms with E-state index in [-0.39, 0.29) is 6.01 Å². The number of ether oxygens (including phenoxy) is 1. The van der Waals surface area contributed by atoms with Crippen molar-refractivity contribution < 1.29 is 4.74 Å². The molecule has 154 valence electrons. The van der Waals surface area contributed by atoms with E-state index in [4.69, 9.17) is 22.1 Å². The Morgan fingerprint density at radius 1 is 1.24 bits per heavy atom. The van der Waals surface area contributed by atoms with Crippen molar-refractivity contribution in [3.63, 3.8) is 0 Å². The standard InChI is InChI=1S/C19H25ClN8O/c1-2-3-8-29-19-25-16(21)18-24-12-14(28(18)26-19)9-13-10-15(20)17(23-11-13)27-6-4-22-5-7-27/h10-12,22H,2-9H2,1H3,(H2,21,25,26). The van der Waals surface area contributed by atoms with Crippen LogP contribution in [0.5, 0.6) is 6.01 Å². The number of piperazine rings is 1. The van der Waals surface area contributed by atoms with Gasteiger partial charge in [0.15, 0.2) is 11.5 Å². The molecule has 4 heterocycles. The Balaban J connectivity index is 1.56. The van der Waals surface area contributed by atoms with Gasteiger partial charge in [0.25, 0.3) is 0 Å². The Hall–Kier alpha value is -2.65. The first kappa shape index (κ1) is 19.7. The Labute approximate surface area is 174 Å². The Bertz CT molecular complexity index is 986. The lowest BCUT2D eigenvalue weighted by atomic mass is 10.1. The highest BCUT2D eigenvalue weighted by Crippen LogP contribution is 2.26. The summed E-state index contributed by atoms with van der Waals surface area (Å²) in [4.78, 5) is 15.3. The number of rotatable bonds is 7. The van der Waals surface area contributed by atoms with Gasteiger partial charge in [-0.1, -0.05) is 24.9 Å². The summed E-state index contributed by atoms with van der Waals surface area (Å²) in [5.41, 5.74) is 8.39. The van der Waals surface area contributed by atoms with Crippen molar-refractivity contribution >= 4 is 28.9 Å². The van der Waals surface area contributed by atoms with Crippen LogP contribution in [-0.2, 0) is 6.42 Å². The third-order valence-corrected chi connectivity index (χ3v) is 5.13. The number of halogens is 1. The molecule has 3 N–H and O–H groups in total. The van der Waals surface area contributed by atoms with Crippen molar-refractivity contribution in [2.75, 3.05) is 43.4 Å². The minimum absolute atomic E-state index is 0.257. The van der Waals surface area contributed by atoms with E-state index >= 15 is 0 Å². The third-order valence-electron chi connectivity index (χ3n) is 4.85. The van der Waals surface area contributed by atoms with E-state index in [1.165, 1.54) is 0 Å². The van der Waals surface area contributed by atoms with Crippen molar-refractivity contribution in [3.8, 4) is 6.01 Å². The molecule has 1 aliphatic heterocycles. The zero-order chi connectivity index (χ0) is 20.2. The predicted molar refractivity (Wildman–Crippen MR) is 113 cm³/mol. The van der Waals surface area contributed by atoms with Crippen molar-refractivity contribution in [3.05, 3.63) is 34.7 Å². The average molecular weight is 417 g/mol. The maximum absolute atomic E-state index is 6.53. The van der Waals surface area contributed by atoms with Crippen LogP contribution in [-0.4, -0.2) is 57.4 Å². The number of anilines is 2. The van der Waals surface area contributed by atoms with Crippen LogP contribution in [0.3, 0.4) is 0 Å². The van der Waals surface area contributed by atoms with Crippen molar-refractivity contribution in [1.82, 2.24) is 29.9 Å². The number of aromatic nitrogens is 5. The van der Waals surface area contributed by atoms with Gasteiger partial charge in [-0.25, -0.2) is 14.5 Å². The zero-order valence-corrected chi connectivity index (χ0v) is 17.2. The first-order valence-electron chi connectivity index (χ1n) is 9.88. The number of nitrogen functional groups attached to an aromatic ring is 1. The van der Waals surface area contributed by atoms with Gasteiger partial charge >= 0.3 is 6.01 Å². The Morgan fingerprint density at radius 2 is 2.07 bits per heavy atom. The maximum atomic E-state index is 6.53. The highest BCUT2D eigenvalue weighted by atomic mass is 35.5. The quantitative estimate of drug-likeness (QED) is 0.563. The van der Waals surface area contributed by atoms with E-state index in [0.29, 0.717) is 29.5 Å². The van der Waals surface area contributed by atoms with E-state index in [2.05, 4.69) is 37.2 Å². The van der Waals surface area contributed by atoms with Gasteiger partial charge in [0, 0.05) is 38.8 Å². The van der Waals surface area contributed by atoms with Crippen molar-refractivity contribution in [1.29, 1.82) is 0 Å². The molecular formula is C19H25ClN8O. The van der Waals surface area contributed by atoms with Crippen LogP contribution in [0, 0.1) is 0 Å². The molecule has 0 aromatic carbocycles. The fraction of sp³-hybridized carbons (Fsp3) is 0.474. The number of nitrogens with two attached hydrogens (primary N) is 1. The number of unbranched alkanes of at least 4 members (excludes halogenated alkanes) is 1. The topological polar surface area (TPSA) is 106 Å². The second kappa shape index (κ2) is 8.79. The fourth-order valence-corrected chi connectivity index (χ4v) is 3.61. The lowest BCUT2D eigenvalue weighted by Gasteiger charge is -2.29. The number of hydrogen-bond acceptors (Lipinski definition) is 8. The minimum atomic E-state index is 0.257. The predicted octanol–water partition coefficient (Wildman–Crippen LogP) is 1.93. The molecule has 10 heteroatoms. The normalized spacial score (nSPS) is 14.5. The Kier molecular flexibility index (Phi) is 5.96. The van der Waals surface area contributed by atoms with Gasteiger partial charge in [-0.15, -0.1) is 5.10 Å². The molecule has 0 aliphatic carbocycles. The number of hydrogen-bond donors (Lipinski definition) is 2. The molecular weight excluding hydrogens is 392 g/mol. The first-order valence-corrected chi connectivity index (χ1v) is 10.3. The molecule has 1 fully saturated rings. The summed E-state index contributed by atoms with van der Waals surface area (Å²) in [6.45, 7) is 6.32. The van der Waals surface area contributed by atoms with Crippen molar-refractivity contribution in [2.45, 2.75) is 26.2 Å². The molecule has 9 nitrogen and oxygen atoms in total. The monoisotopic (exact) mass is 416 g/mol. The maximum Gasteiger partial charge on any atom is 0.336 e. The zero-order valence-electron chi connectivity index (χ0n) is 16.4. The van der Waals surface area contributed by atoms with Crippen LogP contribution in [0.2, 0.25) is 5.02 Å². The number of imidazole rings is 1. The molecule has 1 saturated heterocycles. The second-order valence-corrected chi connectivity index (χ2v) is 7.44. The Morgan fingerprint density at radius 3 is 2.83 bits per heavy atom. The molecule has 0 radical (unpaired) electrons. The van der Waals surface area contributed by atoms with Gasteiger partial charge in [0.05, 0.1) is 23.5 Å². The average Bonchev–Trinajstić information content (AvgIpc) is 3.12. The van der Waals surface area contributed by atoms with Crippen LogP contribution < -0.4 is 20.7 Å². The summed E-state index contributed by atoms with van der Waals surface area (Å²) in [5, 5.41) is 8.43. The summed E-state index contributed by atoms with van der Waals surface area (Å²) in [5.74, 6) is 1.12.